The molecule has 0 radical (unpaired) electrons. The van der Waals surface area contributed by atoms with E-state index in [1.165, 1.54) is 6.33 Å². The minimum absolute atomic E-state index is 0.548. The third-order valence-corrected chi connectivity index (χ3v) is 4.03. The quantitative estimate of drug-likeness (QED) is 0.457. The van der Waals surface area contributed by atoms with Crippen LogP contribution < -0.4 is 15.4 Å². The summed E-state index contributed by atoms with van der Waals surface area (Å²) in [4.78, 5) is 12.6. The summed E-state index contributed by atoms with van der Waals surface area (Å²) in [7, 11) is 0. The maximum Gasteiger partial charge on any atom is 0.135 e. The number of anilines is 3. The fraction of sp³-hybridized carbons (Fsp3) is 0.0952. The SMILES string of the molecule is c1ccc(OCCNc2cc(Nc3ccc(-n4ccnc4)cc3)ncn2)cc1. The molecule has 0 aliphatic rings. The molecule has 28 heavy (non-hydrogen) atoms. The van der Waals surface area contributed by atoms with Gasteiger partial charge in [0.05, 0.1) is 12.9 Å². The van der Waals surface area contributed by atoms with Gasteiger partial charge in [-0.15, -0.1) is 0 Å². The van der Waals surface area contributed by atoms with Gasteiger partial charge in [-0.2, -0.15) is 0 Å². The molecule has 0 bridgehead atoms. The summed E-state index contributed by atoms with van der Waals surface area (Å²) in [6, 6.07) is 19.6. The van der Waals surface area contributed by atoms with Crippen LogP contribution in [0.3, 0.4) is 0 Å². The van der Waals surface area contributed by atoms with Crippen LogP contribution in [0.2, 0.25) is 0 Å². The molecule has 0 fully saturated rings. The molecule has 2 aromatic heterocycles. The van der Waals surface area contributed by atoms with Gasteiger partial charge in [-0.1, -0.05) is 18.2 Å². The number of benzene rings is 2. The van der Waals surface area contributed by atoms with Crippen molar-refractivity contribution < 1.29 is 4.74 Å². The maximum atomic E-state index is 5.67. The molecule has 0 saturated heterocycles. The highest BCUT2D eigenvalue weighted by Crippen LogP contribution is 2.18. The van der Waals surface area contributed by atoms with Crippen molar-refractivity contribution in [3.63, 3.8) is 0 Å². The Balaban J connectivity index is 1.31. The molecule has 0 amide bonds. The number of hydrogen-bond acceptors (Lipinski definition) is 6. The van der Waals surface area contributed by atoms with E-state index in [0.717, 1.165) is 28.8 Å². The maximum absolute atomic E-state index is 5.67. The van der Waals surface area contributed by atoms with Crippen LogP contribution >= 0.6 is 0 Å². The highest BCUT2D eigenvalue weighted by atomic mass is 16.5. The summed E-state index contributed by atoms with van der Waals surface area (Å²) in [5.74, 6) is 2.31. The molecule has 7 heteroatoms. The molecule has 0 aliphatic carbocycles. The van der Waals surface area contributed by atoms with E-state index < -0.39 is 0 Å². The van der Waals surface area contributed by atoms with Crippen molar-refractivity contribution in [3.05, 3.63) is 85.7 Å². The van der Waals surface area contributed by atoms with Crippen LogP contribution in [-0.2, 0) is 0 Å². The predicted octanol–water partition coefficient (Wildman–Crippen LogP) is 3.90. The van der Waals surface area contributed by atoms with Crippen LogP contribution in [0.4, 0.5) is 17.3 Å². The number of nitrogens with zero attached hydrogens (tertiary/aromatic N) is 4. The average molecular weight is 372 g/mol. The van der Waals surface area contributed by atoms with E-state index in [1.807, 2.05) is 71.4 Å². The molecule has 4 rings (SSSR count). The summed E-state index contributed by atoms with van der Waals surface area (Å²) >= 11 is 0. The fourth-order valence-corrected chi connectivity index (χ4v) is 2.66. The van der Waals surface area contributed by atoms with Crippen LogP contribution in [0.25, 0.3) is 5.69 Å². The van der Waals surface area contributed by atoms with Gasteiger partial charge in [-0.05, 0) is 36.4 Å². The number of ether oxygens (including phenoxy) is 1. The Labute approximate surface area is 163 Å². The summed E-state index contributed by atoms with van der Waals surface area (Å²) in [5, 5.41) is 6.53. The van der Waals surface area contributed by atoms with E-state index in [9.17, 15) is 0 Å². The Bertz CT molecular complexity index is 987. The lowest BCUT2D eigenvalue weighted by Gasteiger charge is -2.10. The number of para-hydroxylation sites is 1. The number of rotatable bonds is 8. The normalized spacial score (nSPS) is 10.4. The highest BCUT2D eigenvalue weighted by molar-refractivity contribution is 5.60. The van der Waals surface area contributed by atoms with Crippen LogP contribution in [0.15, 0.2) is 85.7 Å². The molecule has 0 spiro atoms. The van der Waals surface area contributed by atoms with Crippen molar-refractivity contribution in [1.29, 1.82) is 0 Å². The van der Waals surface area contributed by atoms with E-state index in [1.54, 1.807) is 12.5 Å². The first kappa shape index (κ1) is 17.5. The zero-order valence-corrected chi connectivity index (χ0v) is 15.2. The first-order valence-corrected chi connectivity index (χ1v) is 8.96. The molecule has 0 unspecified atom stereocenters. The lowest BCUT2D eigenvalue weighted by molar-refractivity contribution is 0.333. The monoisotopic (exact) mass is 372 g/mol. The van der Waals surface area contributed by atoms with Gasteiger partial charge in [-0.3, -0.25) is 0 Å². The number of aromatic nitrogens is 4. The summed E-state index contributed by atoms with van der Waals surface area (Å²) in [5.41, 5.74) is 1.99. The number of hydrogen-bond donors (Lipinski definition) is 2. The van der Waals surface area contributed by atoms with Crippen molar-refractivity contribution in [3.8, 4) is 11.4 Å². The Morgan fingerprint density at radius 3 is 2.54 bits per heavy atom. The number of nitrogens with one attached hydrogen (secondary N) is 2. The summed E-state index contributed by atoms with van der Waals surface area (Å²) in [6.45, 7) is 1.19. The van der Waals surface area contributed by atoms with Crippen molar-refractivity contribution >= 4 is 17.3 Å². The Morgan fingerprint density at radius 1 is 0.929 bits per heavy atom. The van der Waals surface area contributed by atoms with Crippen LogP contribution in [0.5, 0.6) is 5.75 Å². The standard InChI is InChI=1S/C21H20N6O/c1-2-4-19(5-3-1)28-13-11-23-20-14-21(25-15-24-20)26-17-6-8-18(9-7-17)27-12-10-22-16-27/h1-10,12,14-16H,11,13H2,(H2,23,24,25,26). The molecule has 2 N–H and O–H groups in total. The second kappa shape index (κ2) is 8.68. The topological polar surface area (TPSA) is 76.9 Å². The molecule has 4 aromatic rings. The minimum atomic E-state index is 0.548. The van der Waals surface area contributed by atoms with E-state index in [0.29, 0.717) is 13.2 Å². The highest BCUT2D eigenvalue weighted by Gasteiger charge is 2.01. The average Bonchev–Trinajstić information content (AvgIpc) is 3.28. The van der Waals surface area contributed by atoms with E-state index in [-0.39, 0.29) is 0 Å². The molecule has 0 aliphatic heterocycles. The molecule has 2 aromatic carbocycles. The van der Waals surface area contributed by atoms with Crippen molar-refractivity contribution in [2.45, 2.75) is 0 Å². The molecular weight excluding hydrogens is 352 g/mol. The molecule has 7 nitrogen and oxygen atoms in total. The second-order valence-electron chi connectivity index (χ2n) is 6.02. The first-order chi connectivity index (χ1) is 13.9. The molecule has 0 atom stereocenters. The second-order valence-corrected chi connectivity index (χ2v) is 6.02. The molecule has 140 valence electrons. The predicted molar refractivity (Wildman–Crippen MR) is 109 cm³/mol. The van der Waals surface area contributed by atoms with Gasteiger partial charge in [0, 0.05) is 29.8 Å². The van der Waals surface area contributed by atoms with Crippen LogP contribution in [-0.4, -0.2) is 32.7 Å². The van der Waals surface area contributed by atoms with E-state index in [4.69, 9.17) is 4.74 Å². The van der Waals surface area contributed by atoms with E-state index >= 15 is 0 Å². The number of imidazole rings is 1. The lowest BCUT2D eigenvalue weighted by Crippen LogP contribution is -2.12. The Hall–Kier alpha value is -3.87. The van der Waals surface area contributed by atoms with Crippen LogP contribution in [0.1, 0.15) is 0 Å². The summed E-state index contributed by atoms with van der Waals surface area (Å²) in [6.07, 6.45) is 6.97. The minimum Gasteiger partial charge on any atom is -0.492 e. The fourth-order valence-electron chi connectivity index (χ4n) is 2.66. The van der Waals surface area contributed by atoms with Gasteiger partial charge in [0.1, 0.15) is 30.3 Å². The third-order valence-electron chi connectivity index (χ3n) is 4.03. The van der Waals surface area contributed by atoms with Gasteiger partial charge >= 0.3 is 0 Å². The zero-order chi connectivity index (χ0) is 19.0. The third kappa shape index (κ3) is 4.64. The zero-order valence-electron chi connectivity index (χ0n) is 15.2. The lowest BCUT2D eigenvalue weighted by atomic mass is 10.2. The summed E-state index contributed by atoms with van der Waals surface area (Å²) < 4.78 is 7.62. The molecule has 2 heterocycles. The van der Waals surface area contributed by atoms with Crippen molar-refractivity contribution in [2.24, 2.45) is 0 Å². The smallest absolute Gasteiger partial charge is 0.135 e. The van der Waals surface area contributed by atoms with Gasteiger partial charge < -0.3 is 19.9 Å². The van der Waals surface area contributed by atoms with E-state index in [2.05, 4.69) is 25.6 Å². The Kier molecular flexibility index (Phi) is 5.44. The van der Waals surface area contributed by atoms with Crippen LogP contribution in [0, 0.1) is 0 Å². The van der Waals surface area contributed by atoms with Gasteiger partial charge in [0.2, 0.25) is 0 Å². The molecular formula is C21H20N6O. The van der Waals surface area contributed by atoms with Gasteiger partial charge in [0.15, 0.2) is 0 Å². The van der Waals surface area contributed by atoms with Crippen molar-refractivity contribution in [1.82, 2.24) is 19.5 Å². The molecule has 0 saturated carbocycles. The Morgan fingerprint density at radius 2 is 1.75 bits per heavy atom. The van der Waals surface area contributed by atoms with Gasteiger partial charge in [0.25, 0.3) is 0 Å². The largest absolute Gasteiger partial charge is 0.492 e. The first-order valence-electron chi connectivity index (χ1n) is 8.96. The van der Waals surface area contributed by atoms with Gasteiger partial charge in [-0.25, -0.2) is 15.0 Å². The van der Waals surface area contributed by atoms with Crippen molar-refractivity contribution in [2.75, 3.05) is 23.8 Å².